The Morgan fingerprint density at radius 3 is 2.83 bits per heavy atom. The van der Waals surface area contributed by atoms with Crippen molar-refractivity contribution in [1.29, 1.82) is 0 Å². The molecule has 0 spiro atoms. The molecule has 0 radical (unpaired) electrons. The van der Waals surface area contributed by atoms with E-state index in [2.05, 4.69) is 30.6 Å². The molecular weight excluding hydrogens is 510 g/mol. The molecule has 3 rings (SSSR count). The molecular formula is C19H27F3IN7. The van der Waals surface area contributed by atoms with Crippen molar-refractivity contribution in [3.63, 3.8) is 0 Å². The van der Waals surface area contributed by atoms with Crippen LogP contribution in [-0.4, -0.2) is 58.3 Å². The average Bonchev–Trinajstić information content (AvgIpc) is 3.33. The van der Waals surface area contributed by atoms with E-state index in [9.17, 15) is 13.2 Å². The number of aromatic nitrogens is 3. The normalized spacial score (nSPS) is 17.0. The van der Waals surface area contributed by atoms with Crippen molar-refractivity contribution >= 4 is 35.8 Å². The highest BCUT2D eigenvalue weighted by Crippen LogP contribution is 2.33. The molecule has 0 aliphatic carbocycles. The maximum Gasteiger partial charge on any atom is 0.419 e. The lowest BCUT2D eigenvalue weighted by Gasteiger charge is -2.21. The molecule has 0 bridgehead atoms. The minimum atomic E-state index is -4.44. The predicted molar refractivity (Wildman–Crippen MR) is 121 cm³/mol. The number of alkyl halides is 3. The van der Waals surface area contributed by atoms with Gasteiger partial charge in [-0.05, 0) is 31.0 Å². The van der Waals surface area contributed by atoms with Crippen LogP contribution in [-0.2, 0) is 13.2 Å². The predicted octanol–water partition coefficient (Wildman–Crippen LogP) is 3.32. The van der Waals surface area contributed by atoms with E-state index in [-0.39, 0.29) is 36.3 Å². The highest BCUT2D eigenvalue weighted by Gasteiger charge is 2.34. The Balaban J connectivity index is 0.00000320. The molecule has 1 unspecified atom stereocenters. The third kappa shape index (κ3) is 6.22. The molecule has 1 atom stereocenters. The Morgan fingerprint density at radius 1 is 1.37 bits per heavy atom. The second-order valence-corrected chi connectivity index (χ2v) is 6.94. The number of likely N-dealkylation sites (tertiary alicyclic amines) is 1. The number of pyridine rings is 1. The molecule has 1 saturated heterocycles. The summed E-state index contributed by atoms with van der Waals surface area (Å²) in [5.74, 6) is 1.00. The summed E-state index contributed by atoms with van der Waals surface area (Å²) in [7, 11) is 1.90. The Morgan fingerprint density at radius 2 is 2.17 bits per heavy atom. The van der Waals surface area contributed by atoms with Crippen LogP contribution in [0.25, 0.3) is 0 Å². The van der Waals surface area contributed by atoms with Gasteiger partial charge in [0.15, 0.2) is 5.96 Å². The standard InChI is InChI=1S/C19H26F3N7.HI/c1-3-23-18(29-10-6-14(13-29)15-11-27-28(2)12-15)26-9-8-25-17-16(19(20,21)22)5-4-7-24-17;/h4-5,7,11-12,14H,3,6,8-10,13H2,1-2H3,(H,23,26)(H,24,25);1H. The maximum atomic E-state index is 13.0. The fourth-order valence-electron chi connectivity index (χ4n) is 3.41. The quantitative estimate of drug-likeness (QED) is 0.256. The lowest BCUT2D eigenvalue weighted by molar-refractivity contribution is -0.137. The maximum absolute atomic E-state index is 13.0. The number of aliphatic imine (C=N–C) groups is 1. The number of rotatable bonds is 6. The zero-order valence-corrected chi connectivity index (χ0v) is 19.3. The molecule has 2 N–H and O–H groups in total. The molecule has 1 aliphatic heterocycles. The number of guanidine groups is 1. The van der Waals surface area contributed by atoms with Gasteiger partial charge in [0.2, 0.25) is 0 Å². The second kappa shape index (κ2) is 10.8. The van der Waals surface area contributed by atoms with Crippen LogP contribution in [0.15, 0.2) is 35.7 Å². The first-order valence-electron chi connectivity index (χ1n) is 9.66. The fraction of sp³-hybridized carbons (Fsp3) is 0.526. The largest absolute Gasteiger partial charge is 0.419 e. The fourth-order valence-corrected chi connectivity index (χ4v) is 3.41. The van der Waals surface area contributed by atoms with E-state index in [4.69, 9.17) is 0 Å². The van der Waals surface area contributed by atoms with E-state index in [0.29, 0.717) is 12.5 Å². The van der Waals surface area contributed by atoms with Gasteiger partial charge in [-0.15, -0.1) is 24.0 Å². The Kier molecular flexibility index (Phi) is 8.74. The Labute approximate surface area is 191 Å². The minimum absolute atomic E-state index is 0. The number of anilines is 1. The van der Waals surface area contributed by atoms with Gasteiger partial charge in [0.1, 0.15) is 5.82 Å². The summed E-state index contributed by atoms with van der Waals surface area (Å²) in [5, 5.41) is 10.3. The first-order valence-corrected chi connectivity index (χ1v) is 9.66. The number of hydrogen-bond acceptors (Lipinski definition) is 4. The van der Waals surface area contributed by atoms with Crippen LogP contribution in [0.5, 0.6) is 0 Å². The van der Waals surface area contributed by atoms with Gasteiger partial charge in [0.05, 0.1) is 18.3 Å². The third-order valence-electron chi connectivity index (χ3n) is 4.80. The molecule has 166 valence electrons. The Hall–Kier alpha value is -2.05. The van der Waals surface area contributed by atoms with Crippen molar-refractivity contribution in [2.45, 2.75) is 25.4 Å². The van der Waals surface area contributed by atoms with Gasteiger partial charge in [-0.2, -0.15) is 18.3 Å². The van der Waals surface area contributed by atoms with E-state index in [1.807, 2.05) is 26.4 Å². The van der Waals surface area contributed by atoms with Gasteiger partial charge in [-0.3, -0.25) is 9.67 Å². The first kappa shape index (κ1) is 24.2. The monoisotopic (exact) mass is 537 g/mol. The van der Waals surface area contributed by atoms with Crippen molar-refractivity contribution < 1.29 is 13.2 Å². The molecule has 2 aromatic rings. The van der Waals surface area contributed by atoms with E-state index >= 15 is 0 Å². The van der Waals surface area contributed by atoms with Crippen LogP contribution >= 0.6 is 24.0 Å². The molecule has 1 aliphatic rings. The lowest BCUT2D eigenvalue weighted by atomic mass is 10.0. The van der Waals surface area contributed by atoms with Crippen LogP contribution in [0.3, 0.4) is 0 Å². The zero-order valence-electron chi connectivity index (χ0n) is 17.0. The van der Waals surface area contributed by atoms with Gasteiger partial charge in [-0.1, -0.05) is 0 Å². The van der Waals surface area contributed by atoms with Crippen LogP contribution in [0.1, 0.15) is 30.4 Å². The van der Waals surface area contributed by atoms with E-state index in [0.717, 1.165) is 38.1 Å². The molecule has 3 heterocycles. The zero-order chi connectivity index (χ0) is 20.9. The molecule has 7 nitrogen and oxygen atoms in total. The number of hydrogen-bond donors (Lipinski definition) is 2. The summed E-state index contributed by atoms with van der Waals surface area (Å²) in [6.07, 6.45) is 1.84. The number of halogens is 4. The summed E-state index contributed by atoms with van der Waals surface area (Å²) in [5.41, 5.74) is 0.442. The molecule has 0 saturated carbocycles. The summed E-state index contributed by atoms with van der Waals surface area (Å²) >= 11 is 0. The van der Waals surface area contributed by atoms with Crippen molar-refractivity contribution in [2.75, 3.05) is 38.0 Å². The van der Waals surface area contributed by atoms with Crippen LogP contribution in [0.4, 0.5) is 19.0 Å². The highest BCUT2D eigenvalue weighted by molar-refractivity contribution is 14.0. The van der Waals surface area contributed by atoms with E-state index in [1.54, 1.807) is 4.68 Å². The molecule has 0 aromatic carbocycles. The van der Waals surface area contributed by atoms with Crippen molar-refractivity contribution in [2.24, 2.45) is 12.0 Å². The summed E-state index contributed by atoms with van der Waals surface area (Å²) in [4.78, 5) is 10.6. The SMILES string of the molecule is CCNC(=NCCNc1ncccc1C(F)(F)F)N1CCC(c2cnn(C)c2)C1.I. The third-order valence-corrected chi connectivity index (χ3v) is 4.80. The molecule has 0 amide bonds. The average molecular weight is 537 g/mol. The number of aryl methyl sites for hydroxylation is 1. The summed E-state index contributed by atoms with van der Waals surface area (Å²) < 4.78 is 40.9. The molecule has 30 heavy (non-hydrogen) atoms. The highest BCUT2D eigenvalue weighted by atomic mass is 127. The van der Waals surface area contributed by atoms with Crippen molar-refractivity contribution in [3.8, 4) is 0 Å². The van der Waals surface area contributed by atoms with Crippen molar-refractivity contribution in [1.82, 2.24) is 25.0 Å². The topological polar surface area (TPSA) is 70.4 Å². The van der Waals surface area contributed by atoms with Gasteiger partial charge >= 0.3 is 6.18 Å². The first-order chi connectivity index (χ1) is 13.9. The Bertz CT molecular complexity index is 838. The molecule has 2 aromatic heterocycles. The van der Waals surface area contributed by atoms with Gasteiger partial charge in [0, 0.05) is 51.5 Å². The van der Waals surface area contributed by atoms with E-state index < -0.39 is 11.7 Å². The molecule has 11 heteroatoms. The van der Waals surface area contributed by atoms with Gasteiger partial charge in [-0.25, -0.2) is 4.98 Å². The lowest BCUT2D eigenvalue weighted by Crippen LogP contribution is -2.40. The second-order valence-electron chi connectivity index (χ2n) is 6.94. The van der Waals surface area contributed by atoms with Crippen LogP contribution in [0.2, 0.25) is 0 Å². The molecule has 1 fully saturated rings. The van der Waals surface area contributed by atoms with Gasteiger partial charge < -0.3 is 15.5 Å². The van der Waals surface area contributed by atoms with Crippen LogP contribution < -0.4 is 10.6 Å². The minimum Gasteiger partial charge on any atom is -0.368 e. The van der Waals surface area contributed by atoms with Crippen LogP contribution in [0, 0.1) is 0 Å². The summed E-state index contributed by atoms with van der Waals surface area (Å²) in [6, 6.07) is 2.30. The van der Waals surface area contributed by atoms with E-state index in [1.165, 1.54) is 17.8 Å². The smallest absolute Gasteiger partial charge is 0.368 e. The van der Waals surface area contributed by atoms with Crippen molar-refractivity contribution in [3.05, 3.63) is 41.9 Å². The summed E-state index contributed by atoms with van der Waals surface area (Å²) in [6.45, 7) is 5.02. The number of nitrogens with one attached hydrogen (secondary N) is 2. The van der Waals surface area contributed by atoms with Gasteiger partial charge in [0.25, 0.3) is 0 Å². The number of nitrogens with zero attached hydrogens (tertiary/aromatic N) is 5.